The lowest BCUT2D eigenvalue weighted by Gasteiger charge is -2.25. The van der Waals surface area contributed by atoms with Crippen molar-refractivity contribution < 1.29 is 0 Å². The van der Waals surface area contributed by atoms with E-state index in [4.69, 9.17) is 4.98 Å². The van der Waals surface area contributed by atoms with Crippen molar-refractivity contribution in [3.63, 3.8) is 0 Å². The van der Waals surface area contributed by atoms with Gasteiger partial charge in [-0.25, -0.2) is 0 Å². The quantitative estimate of drug-likeness (QED) is 0.178. The maximum absolute atomic E-state index is 4.74. The summed E-state index contributed by atoms with van der Waals surface area (Å²) in [6.07, 6.45) is 5.08. The summed E-state index contributed by atoms with van der Waals surface area (Å²) in [6, 6.07) is 51.7. The molecule has 0 N–H and O–H groups in total. The Labute approximate surface area is 249 Å². The van der Waals surface area contributed by atoms with Crippen LogP contribution >= 0.6 is 0 Å². The second-order valence-corrected chi connectivity index (χ2v) is 10.7. The molecule has 204 valence electrons. The molecule has 0 aliphatic heterocycles. The summed E-state index contributed by atoms with van der Waals surface area (Å²) in [4.78, 5) is 7.05. The van der Waals surface area contributed by atoms with Gasteiger partial charge in [0.15, 0.2) is 0 Å². The van der Waals surface area contributed by atoms with Gasteiger partial charge in [0.05, 0.1) is 5.69 Å². The highest BCUT2D eigenvalue weighted by Gasteiger charge is 2.13. The van der Waals surface area contributed by atoms with Gasteiger partial charge in [-0.1, -0.05) is 109 Å². The van der Waals surface area contributed by atoms with Gasteiger partial charge in [0.1, 0.15) is 0 Å². The normalized spacial score (nSPS) is 11.3. The number of aromatic nitrogens is 1. The van der Waals surface area contributed by atoms with E-state index in [2.05, 4.69) is 164 Å². The summed E-state index contributed by atoms with van der Waals surface area (Å²) in [5.41, 5.74) is 12.8. The fourth-order valence-corrected chi connectivity index (χ4v) is 5.17. The average molecular weight is 543 g/mol. The Morgan fingerprint density at radius 1 is 0.548 bits per heavy atom. The molecule has 0 saturated heterocycles. The van der Waals surface area contributed by atoms with Gasteiger partial charge in [0.2, 0.25) is 0 Å². The van der Waals surface area contributed by atoms with E-state index < -0.39 is 0 Å². The van der Waals surface area contributed by atoms with Crippen LogP contribution in [0.15, 0.2) is 152 Å². The number of aryl methyl sites for hydroxylation is 2. The van der Waals surface area contributed by atoms with Gasteiger partial charge in [-0.2, -0.15) is 0 Å². The average Bonchev–Trinajstić information content (AvgIpc) is 3.04. The predicted octanol–water partition coefficient (Wildman–Crippen LogP) is 10.3. The minimum Gasteiger partial charge on any atom is -0.311 e. The van der Waals surface area contributed by atoms with Crippen molar-refractivity contribution in [2.45, 2.75) is 20.3 Å². The topological polar surface area (TPSA) is 16.1 Å². The van der Waals surface area contributed by atoms with Crippen LogP contribution in [0.5, 0.6) is 0 Å². The predicted molar refractivity (Wildman–Crippen MR) is 177 cm³/mol. The number of hydrogen-bond acceptors (Lipinski definition) is 2. The summed E-state index contributed by atoms with van der Waals surface area (Å²) < 4.78 is 0. The highest BCUT2D eigenvalue weighted by molar-refractivity contribution is 5.90. The third kappa shape index (κ3) is 6.40. The molecule has 0 aliphatic rings. The van der Waals surface area contributed by atoms with Crippen molar-refractivity contribution in [1.29, 1.82) is 0 Å². The highest BCUT2D eigenvalue weighted by atomic mass is 15.1. The number of nitrogens with zero attached hydrogens (tertiary/aromatic N) is 2. The van der Waals surface area contributed by atoms with E-state index in [1.165, 1.54) is 16.7 Å². The zero-order chi connectivity index (χ0) is 28.7. The van der Waals surface area contributed by atoms with E-state index in [0.29, 0.717) is 0 Å². The van der Waals surface area contributed by atoms with Crippen molar-refractivity contribution >= 4 is 28.7 Å². The number of para-hydroxylation sites is 1. The monoisotopic (exact) mass is 542 g/mol. The molecule has 0 radical (unpaired) electrons. The molecule has 5 aromatic carbocycles. The van der Waals surface area contributed by atoms with E-state index in [-0.39, 0.29) is 0 Å². The van der Waals surface area contributed by atoms with Gasteiger partial charge in [0.25, 0.3) is 0 Å². The van der Waals surface area contributed by atoms with Crippen molar-refractivity contribution in [1.82, 2.24) is 4.98 Å². The van der Waals surface area contributed by atoms with Gasteiger partial charge < -0.3 is 4.90 Å². The molecule has 2 nitrogen and oxygen atoms in total. The van der Waals surface area contributed by atoms with Crippen molar-refractivity contribution in [3.8, 4) is 0 Å². The van der Waals surface area contributed by atoms with E-state index >= 15 is 0 Å². The van der Waals surface area contributed by atoms with Crippen molar-refractivity contribution in [2.24, 2.45) is 0 Å². The lowest BCUT2D eigenvalue weighted by molar-refractivity contribution is 1.18. The Hall–Kier alpha value is -5.21. The van der Waals surface area contributed by atoms with Crippen LogP contribution in [0.3, 0.4) is 0 Å². The first-order valence-electron chi connectivity index (χ1n) is 14.4. The number of pyridine rings is 1. The number of hydrogen-bond donors (Lipinski definition) is 0. The Balaban J connectivity index is 1.32. The summed E-state index contributed by atoms with van der Waals surface area (Å²) >= 11 is 0. The van der Waals surface area contributed by atoms with Crippen LogP contribution in [0.25, 0.3) is 11.6 Å². The zero-order valence-electron chi connectivity index (χ0n) is 24.1. The van der Waals surface area contributed by atoms with Crippen LogP contribution in [0, 0.1) is 13.8 Å². The molecule has 0 bridgehead atoms. The molecule has 0 spiro atoms. The largest absolute Gasteiger partial charge is 0.311 e. The first kappa shape index (κ1) is 27.0. The second-order valence-electron chi connectivity index (χ2n) is 10.7. The van der Waals surface area contributed by atoms with Gasteiger partial charge in [-0.05, 0) is 96.6 Å². The fraction of sp³-hybridized carbons (Fsp3) is 0.0750. The second kappa shape index (κ2) is 12.5. The minimum absolute atomic E-state index is 0.923. The number of benzene rings is 5. The minimum atomic E-state index is 0.923. The SMILES string of the molecule is Cc1ccc(Cc2ccc(N(c3ccccc3)c3ccc(C=C(c4ccccc4)c4ccc(C)cn4)cc3)cc2)cc1. The Kier molecular flexibility index (Phi) is 8.05. The Morgan fingerprint density at radius 2 is 1.07 bits per heavy atom. The molecular weight excluding hydrogens is 508 g/mol. The summed E-state index contributed by atoms with van der Waals surface area (Å²) in [5, 5.41) is 0. The molecule has 2 heteroatoms. The molecule has 42 heavy (non-hydrogen) atoms. The zero-order valence-corrected chi connectivity index (χ0v) is 24.1. The molecule has 6 rings (SSSR count). The van der Waals surface area contributed by atoms with Crippen LogP contribution in [-0.2, 0) is 6.42 Å². The van der Waals surface area contributed by atoms with Gasteiger partial charge >= 0.3 is 0 Å². The van der Waals surface area contributed by atoms with E-state index in [1.54, 1.807) is 0 Å². The summed E-state index contributed by atoms with van der Waals surface area (Å²) in [5.74, 6) is 0. The van der Waals surface area contributed by atoms with Crippen molar-refractivity contribution in [2.75, 3.05) is 4.90 Å². The van der Waals surface area contributed by atoms with Gasteiger partial charge in [-0.3, -0.25) is 4.98 Å². The molecule has 0 saturated carbocycles. The molecule has 1 aromatic heterocycles. The standard InChI is InChI=1S/C40H34N2/c1-30-13-16-32(17-14-30)27-33-18-22-37(23-19-33)42(36-11-7-4-8-12-36)38-24-20-34(21-25-38)28-39(35-9-5-3-6-10-35)40-26-15-31(2)29-41-40/h3-26,28-29H,27H2,1-2H3. The molecule has 0 amide bonds. The summed E-state index contributed by atoms with van der Waals surface area (Å²) in [6.45, 7) is 4.19. The Morgan fingerprint density at radius 3 is 1.67 bits per heavy atom. The van der Waals surface area contributed by atoms with Crippen LogP contribution in [-0.4, -0.2) is 4.98 Å². The van der Waals surface area contributed by atoms with Crippen molar-refractivity contribution in [3.05, 3.63) is 191 Å². The Bertz CT molecular complexity index is 1750. The van der Waals surface area contributed by atoms with E-state index in [0.717, 1.165) is 51.4 Å². The van der Waals surface area contributed by atoms with E-state index in [9.17, 15) is 0 Å². The molecule has 0 fully saturated rings. The fourth-order valence-electron chi connectivity index (χ4n) is 5.17. The van der Waals surface area contributed by atoms with Gasteiger partial charge in [-0.15, -0.1) is 0 Å². The van der Waals surface area contributed by atoms with Gasteiger partial charge in [0, 0.05) is 28.8 Å². The summed E-state index contributed by atoms with van der Waals surface area (Å²) in [7, 11) is 0. The molecule has 0 aliphatic carbocycles. The maximum atomic E-state index is 4.74. The highest BCUT2D eigenvalue weighted by Crippen LogP contribution is 2.35. The molecule has 0 unspecified atom stereocenters. The smallest absolute Gasteiger partial charge is 0.0708 e. The molecule has 0 atom stereocenters. The third-order valence-corrected chi connectivity index (χ3v) is 7.47. The van der Waals surface area contributed by atoms with Crippen LogP contribution in [0.2, 0.25) is 0 Å². The number of anilines is 3. The van der Waals surface area contributed by atoms with Crippen LogP contribution in [0.1, 0.15) is 39.1 Å². The first-order chi connectivity index (χ1) is 20.6. The lowest BCUT2D eigenvalue weighted by atomic mass is 9.99. The van der Waals surface area contributed by atoms with Crippen LogP contribution in [0.4, 0.5) is 17.1 Å². The lowest BCUT2D eigenvalue weighted by Crippen LogP contribution is -2.09. The molecular formula is C40H34N2. The molecule has 6 aromatic rings. The maximum Gasteiger partial charge on any atom is 0.0708 e. The van der Waals surface area contributed by atoms with E-state index in [1.807, 2.05) is 12.3 Å². The molecule has 1 heterocycles. The third-order valence-electron chi connectivity index (χ3n) is 7.47. The first-order valence-corrected chi connectivity index (χ1v) is 14.4. The van der Waals surface area contributed by atoms with Crippen LogP contribution < -0.4 is 4.90 Å². The number of rotatable bonds is 8.